The Morgan fingerprint density at radius 1 is 0.970 bits per heavy atom. The van der Waals surface area contributed by atoms with Crippen LogP contribution in [0, 0.1) is 20.8 Å². The van der Waals surface area contributed by atoms with Gasteiger partial charge < -0.3 is 19.3 Å². The number of amides is 1. The van der Waals surface area contributed by atoms with E-state index in [1.54, 1.807) is 7.11 Å². The van der Waals surface area contributed by atoms with E-state index in [9.17, 15) is 4.79 Å². The average Bonchev–Trinajstić information content (AvgIpc) is 2.85. The molecule has 7 heteroatoms. The molecule has 0 atom stereocenters. The molecule has 0 N–H and O–H groups in total. The number of anilines is 1. The lowest BCUT2D eigenvalue weighted by Crippen LogP contribution is -2.50. The van der Waals surface area contributed by atoms with Gasteiger partial charge in [-0.1, -0.05) is 18.2 Å². The second-order valence-electron chi connectivity index (χ2n) is 8.37. The first kappa shape index (κ1) is 22.6. The third-order valence-corrected chi connectivity index (χ3v) is 6.09. The van der Waals surface area contributed by atoms with Crippen LogP contribution in [0.1, 0.15) is 16.7 Å². The Bertz CT molecular complexity index is 1120. The molecule has 4 rings (SSSR count). The molecule has 33 heavy (non-hydrogen) atoms. The molecule has 1 aliphatic heterocycles. The molecule has 3 aromatic rings. The molecule has 1 fully saturated rings. The van der Waals surface area contributed by atoms with Gasteiger partial charge in [-0.25, -0.2) is 0 Å². The highest BCUT2D eigenvalue weighted by Crippen LogP contribution is 2.24. The maximum atomic E-state index is 12.7. The number of ether oxygens (including phenoxy) is 2. The minimum absolute atomic E-state index is 0.00710. The number of aryl methyl sites for hydroxylation is 2. The highest BCUT2D eigenvalue weighted by atomic mass is 16.5. The van der Waals surface area contributed by atoms with Gasteiger partial charge in [0.25, 0.3) is 5.91 Å². The Hall–Kier alpha value is -3.61. The van der Waals surface area contributed by atoms with E-state index in [2.05, 4.69) is 28.1 Å². The molecule has 0 radical (unpaired) electrons. The van der Waals surface area contributed by atoms with E-state index >= 15 is 0 Å². The van der Waals surface area contributed by atoms with E-state index in [-0.39, 0.29) is 12.5 Å². The largest absolute Gasteiger partial charge is 0.497 e. The molecule has 2 aromatic carbocycles. The summed E-state index contributed by atoms with van der Waals surface area (Å²) >= 11 is 0. The van der Waals surface area contributed by atoms with E-state index in [0.29, 0.717) is 26.2 Å². The fraction of sp³-hybridized carbons (Fsp3) is 0.346. The number of hydrogen-bond donors (Lipinski definition) is 0. The number of methoxy groups -OCH3 is 1. The van der Waals surface area contributed by atoms with Crippen molar-refractivity contribution in [3.8, 4) is 22.8 Å². The van der Waals surface area contributed by atoms with Crippen molar-refractivity contribution in [1.82, 2.24) is 15.1 Å². The monoisotopic (exact) mass is 446 g/mol. The van der Waals surface area contributed by atoms with Crippen LogP contribution < -0.4 is 14.4 Å². The summed E-state index contributed by atoms with van der Waals surface area (Å²) in [4.78, 5) is 16.7. The van der Waals surface area contributed by atoms with Crippen LogP contribution in [-0.2, 0) is 4.79 Å². The van der Waals surface area contributed by atoms with Gasteiger partial charge in [0.15, 0.2) is 12.4 Å². The van der Waals surface area contributed by atoms with Crippen molar-refractivity contribution in [2.45, 2.75) is 20.8 Å². The van der Waals surface area contributed by atoms with E-state index in [0.717, 1.165) is 39.7 Å². The minimum atomic E-state index is 0.00710. The third kappa shape index (κ3) is 5.25. The fourth-order valence-corrected chi connectivity index (χ4v) is 4.00. The SMILES string of the molecule is COc1cccc(-c2ccc(N3CCN(C(=O)COc4cc(C)cc(C)c4C)CC3)nn2)c1. The molecule has 1 amide bonds. The van der Waals surface area contributed by atoms with Gasteiger partial charge in [0, 0.05) is 31.7 Å². The Morgan fingerprint density at radius 2 is 1.76 bits per heavy atom. The topological polar surface area (TPSA) is 67.8 Å². The van der Waals surface area contributed by atoms with Crippen LogP contribution in [0.15, 0.2) is 48.5 Å². The number of piperazine rings is 1. The van der Waals surface area contributed by atoms with Gasteiger partial charge >= 0.3 is 0 Å². The summed E-state index contributed by atoms with van der Waals surface area (Å²) in [7, 11) is 1.65. The predicted molar refractivity (Wildman–Crippen MR) is 129 cm³/mol. The summed E-state index contributed by atoms with van der Waals surface area (Å²) in [6.07, 6.45) is 0. The van der Waals surface area contributed by atoms with Gasteiger partial charge in [-0.05, 0) is 67.8 Å². The van der Waals surface area contributed by atoms with Crippen molar-refractivity contribution in [3.63, 3.8) is 0 Å². The van der Waals surface area contributed by atoms with Crippen molar-refractivity contribution in [3.05, 3.63) is 65.2 Å². The maximum Gasteiger partial charge on any atom is 0.260 e. The molecule has 1 saturated heterocycles. The van der Waals surface area contributed by atoms with Gasteiger partial charge in [0.2, 0.25) is 0 Å². The number of aromatic nitrogens is 2. The zero-order valence-electron chi connectivity index (χ0n) is 19.7. The second kappa shape index (κ2) is 9.90. The highest BCUT2D eigenvalue weighted by molar-refractivity contribution is 5.78. The normalized spacial score (nSPS) is 13.7. The molecule has 0 spiro atoms. The van der Waals surface area contributed by atoms with Gasteiger partial charge in [-0.3, -0.25) is 4.79 Å². The van der Waals surface area contributed by atoms with Gasteiger partial charge in [0.1, 0.15) is 11.5 Å². The van der Waals surface area contributed by atoms with Crippen molar-refractivity contribution < 1.29 is 14.3 Å². The van der Waals surface area contributed by atoms with Gasteiger partial charge in [0.05, 0.1) is 12.8 Å². The molecular formula is C26H30N4O3. The number of benzene rings is 2. The molecule has 172 valence electrons. The van der Waals surface area contributed by atoms with E-state index in [1.165, 1.54) is 5.56 Å². The molecule has 7 nitrogen and oxygen atoms in total. The summed E-state index contributed by atoms with van der Waals surface area (Å²) in [6.45, 7) is 8.85. The molecule has 0 saturated carbocycles. The maximum absolute atomic E-state index is 12.7. The summed E-state index contributed by atoms with van der Waals surface area (Å²) in [5, 5.41) is 8.80. The number of nitrogens with zero attached hydrogens (tertiary/aromatic N) is 4. The summed E-state index contributed by atoms with van der Waals surface area (Å²) < 4.78 is 11.1. The van der Waals surface area contributed by atoms with E-state index < -0.39 is 0 Å². The predicted octanol–water partition coefficient (Wildman–Crippen LogP) is 3.81. The fourth-order valence-electron chi connectivity index (χ4n) is 4.00. The standard InChI is InChI=1S/C26H30N4O3/c1-18-14-19(2)20(3)24(15-18)33-17-26(31)30-12-10-29(11-13-30)25-9-8-23(27-28-25)21-6-5-7-22(16-21)32-4/h5-9,14-16H,10-13,17H2,1-4H3. The molecule has 2 heterocycles. The van der Waals surface area contributed by atoms with Crippen LogP contribution in [0.3, 0.4) is 0 Å². The van der Waals surface area contributed by atoms with Crippen molar-refractivity contribution >= 4 is 11.7 Å². The Balaban J connectivity index is 1.31. The quantitative estimate of drug-likeness (QED) is 0.574. The minimum Gasteiger partial charge on any atom is -0.497 e. The molecule has 1 aliphatic rings. The molecular weight excluding hydrogens is 416 g/mol. The average molecular weight is 447 g/mol. The lowest BCUT2D eigenvalue weighted by Gasteiger charge is -2.35. The Labute approximate surface area is 195 Å². The summed E-state index contributed by atoms with van der Waals surface area (Å²) in [5.74, 6) is 2.39. The van der Waals surface area contributed by atoms with Crippen molar-refractivity contribution in [2.75, 3.05) is 44.8 Å². The third-order valence-electron chi connectivity index (χ3n) is 6.09. The number of rotatable bonds is 6. The first-order valence-electron chi connectivity index (χ1n) is 11.2. The smallest absolute Gasteiger partial charge is 0.260 e. The van der Waals surface area contributed by atoms with Crippen LogP contribution >= 0.6 is 0 Å². The summed E-state index contributed by atoms with van der Waals surface area (Å²) in [5.41, 5.74) is 5.14. The van der Waals surface area contributed by atoms with E-state index in [4.69, 9.17) is 9.47 Å². The van der Waals surface area contributed by atoms with E-state index in [1.807, 2.05) is 61.2 Å². The number of carbonyl (C=O) groups is 1. The summed E-state index contributed by atoms with van der Waals surface area (Å²) in [6, 6.07) is 15.8. The first-order valence-corrected chi connectivity index (χ1v) is 11.2. The lowest BCUT2D eigenvalue weighted by atomic mass is 10.1. The van der Waals surface area contributed by atoms with Crippen LogP contribution in [0.25, 0.3) is 11.3 Å². The molecule has 0 unspecified atom stereocenters. The second-order valence-corrected chi connectivity index (χ2v) is 8.37. The zero-order valence-corrected chi connectivity index (χ0v) is 19.7. The van der Waals surface area contributed by atoms with Gasteiger partial charge in [-0.2, -0.15) is 0 Å². The lowest BCUT2D eigenvalue weighted by molar-refractivity contribution is -0.133. The highest BCUT2D eigenvalue weighted by Gasteiger charge is 2.23. The Kier molecular flexibility index (Phi) is 6.77. The molecule has 0 bridgehead atoms. The van der Waals surface area contributed by atoms with Crippen LogP contribution in [0.2, 0.25) is 0 Å². The number of hydrogen-bond acceptors (Lipinski definition) is 6. The van der Waals surface area contributed by atoms with Crippen LogP contribution in [0.5, 0.6) is 11.5 Å². The first-order chi connectivity index (χ1) is 15.9. The molecule has 1 aromatic heterocycles. The number of carbonyl (C=O) groups excluding carboxylic acids is 1. The van der Waals surface area contributed by atoms with Crippen LogP contribution in [-0.4, -0.2) is 60.9 Å². The Morgan fingerprint density at radius 3 is 2.45 bits per heavy atom. The van der Waals surface area contributed by atoms with Crippen molar-refractivity contribution in [2.24, 2.45) is 0 Å². The molecule has 0 aliphatic carbocycles. The van der Waals surface area contributed by atoms with Gasteiger partial charge in [-0.15, -0.1) is 10.2 Å². The van der Waals surface area contributed by atoms with Crippen molar-refractivity contribution in [1.29, 1.82) is 0 Å². The zero-order chi connectivity index (χ0) is 23.4. The van der Waals surface area contributed by atoms with Crippen LogP contribution in [0.4, 0.5) is 5.82 Å².